The van der Waals surface area contributed by atoms with Crippen molar-refractivity contribution >= 4 is 5.69 Å². The van der Waals surface area contributed by atoms with Crippen molar-refractivity contribution in [3.8, 4) is 11.5 Å². The molecule has 0 saturated carbocycles. The van der Waals surface area contributed by atoms with Crippen molar-refractivity contribution in [2.24, 2.45) is 0 Å². The number of ether oxygens (including phenoxy) is 2. The number of anilines is 1. The van der Waals surface area contributed by atoms with E-state index in [2.05, 4.69) is 29.5 Å². The number of hydrazine groups is 1. The van der Waals surface area contributed by atoms with Crippen molar-refractivity contribution in [3.05, 3.63) is 90.5 Å². The third-order valence-corrected chi connectivity index (χ3v) is 4.54. The van der Waals surface area contributed by atoms with E-state index in [9.17, 15) is 0 Å². The van der Waals surface area contributed by atoms with Gasteiger partial charge in [-0.25, -0.2) is 0 Å². The summed E-state index contributed by atoms with van der Waals surface area (Å²) in [5.74, 6) is 1.66. The normalized spacial score (nSPS) is 20.0. The molecule has 0 bridgehead atoms. The van der Waals surface area contributed by atoms with E-state index >= 15 is 0 Å². The zero-order valence-corrected chi connectivity index (χ0v) is 14.8. The van der Waals surface area contributed by atoms with E-state index in [1.165, 1.54) is 0 Å². The largest absolute Gasteiger partial charge is 0.457 e. The number of nitrogens with one attached hydrogen (secondary N) is 1. The first-order chi connectivity index (χ1) is 12.7. The molecule has 1 aliphatic heterocycles. The van der Waals surface area contributed by atoms with Crippen LogP contribution in [-0.4, -0.2) is 18.3 Å². The summed E-state index contributed by atoms with van der Waals surface area (Å²) in [7, 11) is 0. The van der Waals surface area contributed by atoms with Gasteiger partial charge in [0.1, 0.15) is 23.8 Å². The maximum Gasteiger partial charge on any atom is 0.127 e. The second-order valence-electron chi connectivity index (χ2n) is 6.62. The maximum absolute atomic E-state index is 6.09. The molecule has 1 heterocycles. The van der Waals surface area contributed by atoms with Crippen molar-refractivity contribution in [1.29, 1.82) is 0 Å². The molecule has 1 saturated heterocycles. The van der Waals surface area contributed by atoms with Crippen LogP contribution in [0.3, 0.4) is 0 Å². The molecule has 4 nitrogen and oxygen atoms in total. The van der Waals surface area contributed by atoms with Crippen LogP contribution in [0.5, 0.6) is 11.5 Å². The predicted octanol–water partition coefficient (Wildman–Crippen LogP) is 5.01. The average Bonchev–Trinajstić information content (AvgIpc) is 3.06. The fraction of sp³-hybridized carbons (Fsp3) is 0.182. The first kappa shape index (κ1) is 16.6. The van der Waals surface area contributed by atoms with Gasteiger partial charge in [-0.2, -0.15) is 5.01 Å². The van der Waals surface area contributed by atoms with Gasteiger partial charge in [-0.1, -0.05) is 48.5 Å². The van der Waals surface area contributed by atoms with Crippen molar-refractivity contribution in [2.75, 3.05) is 18.7 Å². The Kier molecular flexibility index (Phi) is 4.61. The molecular weight excluding hydrogens is 324 g/mol. The minimum absolute atomic E-state index is 0.354. The van der Waals surface area contributed by atoms with Crippen molar-refractivity contribution < 1.29 is 9.47 Å². The van der Waals surface area contributed by atoms with Gasteiger partial charge in [0, 0.05) is 5.69 Å². The minimum Gasteiger partial charge on any atom is -0.457 e. The van der Waals surface area contributed by atoms with E-state index in [4.69, 9.17) is 9.47 Å². The quantitative estimate of drug-likeness (QED) is 0.704. The molecule has 0 spiro atoms. The van der Waals surface area contributed by atoms with Crippen molar-refractivity contribution in [1.82, 2.24) is 5.01 Å². The SMILES string of the molecule is CC1(c2ccc(Oc3ccccc3)cc2)CN(Nc2ccccc2)CO1. The smallest absolute Gasteiger partial charge is 0.127 e. The Morgan fingerprint density at radius 2 is 1.46 bits per heavy atom. The van der Waals surface area contributed by atoms with Crippen molar-refractivity contribution in [2.45, 2.75) is 12.5 Å². The monoisotopic (exact) mass is 346 g/mol. The van der Waals surface area contributed by atoms with E-state index in [0.29, 0.717) is 6.73 Å². The fourth-order valence-corrected chi connectivity index (χ4v) is 3.12. The lowest BCUT2D eigenvalue weighted by atomic mass is 9.96. The Bertz CT molecular complexity index is 837. The van der Waals surface area contributed by atoms with Gasteiger partial charge >= 0.3 is 0 Å². The van der Waals surface area contributed by atoms with Gasteiger partial charge in [-0.05, 0) is 48.9 Å². The van der Waals surface area contributed by atoms with Gasteiger partial charge in [-0.15, -0.1) is 0 Å². The molecule has 132 valence electrons. The number of hydrogen-bond donors (Lipinski definition) is 1. The third kappa shape index (κ3) is 3.72. The van der Waals surface area contributed by atoms with Gasteiger partial charge in [0.05, 0.1) is 6.54 Å². The summed E-state index contributed by atoms with van der Waals surface area (Å²) in [6.45, 7) is 3.42. The molecule has 4 rings (SSSR count). The van der Waals surface area contributed by atoms with Crippen LogP contribution in [0.2, 0.25) is 0 Å². The molecule has 0 radical (unpaired) electrons. The summed E-state index contributed by atoms with van der Waals surface area (Å²) in [6, 6.07) is 28.1. The molecule has 0 aromatic heterocycles. The molecule has 3 aromatic carbocycles. The zero-order chi connectivity index (χ0) is 17.8. The highest BCUT2D eigenvalue weighted by molar-refractivity contribution is 5.42. The molecule has 1 aliphatic rings. The molecule has 0 aliphatic carbocycles. The summed E-state index contributed by atoms with van der Waals surface area (Å²) in [6.07, 6.45) is 0. The lowest BCUT2D eigenvalue weighted by Gasteiger charge is -2.24. The Morgan fingerprint density at radius 1 is 0.846 bits per heavy atom. The van der Waals surface area contributed by atoms with Crippen LogP contribution >= 0.6 is 0 Å². The average molecular weight is 346 g/mol. The second-order valence-corrected chi connectivity index (χ2v) is 6.62. The third-order valence-electron chi connectivity index (χ3n) is 4.54. The molecule has 26 heavy (non-hydrogen) atoms. The molecule has 1 fully saturated rings. The Hall–Kier alpha value is -2.82. The van der Waals surface area contributed by atoms with Crippen LogP contribution in [0.4, 0.5) is 5.69 Å². The molecule has 4 heteroatoms. The summed E-state index contributed by atoms with van der Waals surface area (Å²) >= 11 is 0. The van der Waals surface area contributed by atoms with Gasteiger partial charge in [-0.3, -0.25) is 0 Å². The zero-order valence-electron chi connectivity index (χ0n) is 14.8. The highest BCUT2D eigenvalue weighted by Crippen LogP contribution is 2.33. The summed E-state index contributed by atoms with van der Waals surface area (Å²) < 4.78 is 12.0. The van der Waals surface area contributed by atoms with E-state index < -0.39 is 0 Å². The van der Waals surface area contributed by atoms with Crippen LogP contribution in [0.15, 0.2) is 84.9 Å². The highest BCUT2D eigenvalue weighted by Gasteiger charge is 2.36. The van der Waals surface area contributed by atoms with Crippen LogP contribution in [0.25, 0.3) is 0 Å². The standard InChI is InChI=1S/C22H22N2O2/c1-22(16-24(17-25-22)23-19-8-4-2-5-9-19)18-12-14-21(15-13-18)26-20-10-6-3-7-11-20/h2-15,23H,16-17H2,1H3. The molecule has 3 aromatic rings. The van der Waals surface area contributed by atoms with Gasteiger partial charge < -0.3 is 14.9 Å². The first-order valence-corrected chi connectivity index (χ1v) is 8.75. The van der Waals surface area contributed by atoms with E-state index in [1.807, 2.05) is 72.8 Å². The molecule has 0 amide bonds. The van der Waals surface area contributed by atoms with Crippen LogP contribution in [0, 0.1) is 0 Å². The molecule has 1 N–H and O–H groups in total. The number of rotatable bonds is 5. The topological polar surface area (TPSA) is 33.7 Å². The van der Waals surface area contributed by atoms with E-state index in [1.54, 1.807) is 0 Å². The Labute approximate surface area is 154 Å². The predicted molar refractivity (Wildman–Crippen MR) is 103 cm³/mol. The first-order valence-electron chi connectivity index (χ1n) is 8.75. The van der Waals surface area contributed by atoms with Gasteiger partial charge in [0.25, 0.3) is 0 Å². The van der Waals surface area contributed by atoms with Crippen LogP contribution in [-0.2, 0) is 10.3 Å². The molecule has 1 unspecified atom stereocenters. The lowest BCUT2D eigenvalue weighted by molar-refractivity contribution is 0.0171. The lowest BCUT2D eigenvalue weighted by Crippen LogP contribution is -2.32. The number of para-hydroxylation sites is 2. The summed E-state index contributed by atoms with van der Waals surface area (Å²) in [5, 5.41) is 2.09. The number of benzene rings is 3. The highest BCUT2D eigenvalue weighted by atomic mass is 16.5. The van der Waals surface area contributed by atoms with Crippen molar-refractivity contribution in [3.63, 3.8) is 0 Å². The maximum atomic E-state index is 6.09. The van der Waals surface area contributed by atoms with E-state index in [-0.39, 0.29) is 5.60 Å². The second kappa shape index (κ2) is 7.20. The molecule has 1 atom stereocenters. The number of nitrogens with zero attached hydrogens (tertiary/aromatic N) is 1. The van der Waals surface area contributed by atoms with Gasteiger partial charge in [0.15, 0.2) is 0 Å². The van der Waals surface area contributed by atoms with Crippen LogP contribution in [0.1, 0.15) is 12.5 Å². The summed E-state index contributed by atoms with van der Waals surface area (Å²) in [5.41, 5.74) is 5.24. The fourth-order valence-electron chi connectivity index (χ4n) is 3.12. The van der Waals surface area contributed by atoms with Gasteiger partial charge in [0.2, 0.25) is 0 Å². The number of hydrogen-bond acceptors (Lipinski definition) is 4. The Balaban J connectivity index is 1.42. The molecular formula is C22H22N2O2. The Morgan fingerprint density at radius 3 is 2.15 bits per heavy atom. The minimum atomic E-state index is -0.354. The van der Waals surface area contributed by atoms with Crippen LogP contribution < -0.4 is 10.2 Å². The summed E-state index contributed by atoms with van der Waals surface area (Å²) in [4.78, 5) is 0. The van der Waals surface area contributed by atoms with E-state index in [0.717, 1.165) is 29.3 Å².